The van der Waals surface area contributed by atoms with Crippen LogP contribution >= 0.6 is 0 Å². The fourth-order valence-corrected chi connectivity index (χ4v) is 3.82. The Labute approximate surface area is 160 Å². The summed E-state index contributed by atoms with van der Waals surface area (Å²) in [6.07, 6.45) is 5.12. The highest BCUT2D eigenvalue weighted by molar-refractivity contribution is 5.76. The lowest BCUT2D eigenvalue weighted by Gasteiger charge is -2.28. The number of aromatic nitrogens is 2. The van der Waals surface area contributed by atoms with Crippen LogP contribution in [0.4, 0.5) is 0 Å². The fraction of sp³-hybridized carbons (Fsp3) is 0.476. The molecule has 0 unspecified atom stereocenters. The summed E-state index contributed by atoms with van der Waals surface area (Å²) >= 11 is 0. The van der Waals surface area contributed by atoms with Gasteiger partial charge in [-0.05, 0) is 37.1 Å². The molecular formula is C21H26N4O2. The minimum Gasteiger partial charge on any atom is -0.497 e. The average molecular weight is 366 g/mol. The van der Waals surface area contributed by atoms with Crippen molar-refractivity contribution in [3.63, 3.8) is 0 Å². The summed E-state index contributed by atoms with van der Waals surface area (Å²) in [5.41, 5.74) is 3.36. The molecule has 1 aromatic carbocycles. The van der Waals surface area contributed by atoms with Crippen LogP contribution in [0.5, 0.6) is 5.75 Å². The summed E-state index contributed by atoms with van der Waals surface area (Å²) in [5, 5.41) is 3.37. The van der Waals surface area contributed by atoms with Gasteiger partial charge in [-0.1, -0.05) is 12.1 Å². The molecule has 0 saturated carbocycles. The quantitative estimate of drug-likeness (QED) is 0.878. The second-order valence-corrected chi connectivity index (χ2v) is 7.30. The second kappa shape index (κ2) is 8.05. The van der Waals surface area contributed by atoms with Crippen LogP contribution in [-0.4, -0.2) is 47.5 Å². The number of hydrogen-bond donors (Lipinski definition) is 1. The van der Waals surface area contributed by atoms with Crippen LogP contribution in [-0.2, 0) is 24.2 Å². The number of nitrogens with one attached hydrogen (secondary N) is 1. The maximum Gasteiger partial charge on any atom is 0.223 e. The van der Waals surface area contributed by atoms with E-state index in [0.29, 0.717) is 18.9 Å². The molecule has 1 saturated heterocycles. The van der Waals surface area contributed by atoms with Gasteiger partial charge in [0.2, 0.25) is 5.91 Å². The third-order valence-corrected chi connectivity index (χ3v) is 5.52. The van der Waals surface area contributed by atoms with Gasteiger partial charge in [-0.15, -0.1) is 0 Å². The molecule has 1 amide bonds. The van der Waals surface area contributed by atoms with E-state index in [1.165, 1.54) is 0 Å². The number of benzene rings is 1. The molecule has 2 aliphatic heterocycles. The van der Waals surface area contributed by atoms with Gasteiger partial charge in [-0.3, -0.25) is 4.79 Å². The molecule has 3 heterocycles. The predicted molar refractivity (Wildman–Crippen MR) is 103 cm³/mol. The van der Waals surface area contributed by atoms with Gasteiger partial charge < -0.3 is 15.0 Å². The number of fused-ring (bicyclic) bond motifs is 1. The van der Waals surface area contributed by atoms with Gasteiger partial charge in [0.1, 0.15) is 11.6 Å². The summed E-state index contributed by atoms with van der Waals surface area (Å²) in [4.78, 5) is 23.9. The zero-order chi connectivity index (χ0) is 18.6. The number of carbonyl (C=O) groups is 1. The smallest absolute Gasteiger partial charge is 0.223 e. The molecule has 1 atom stereocenters. The number of hydrogen-bond acceptors (Lipinski definition) is 5. The van der Waals surface area contributed by atoms with Crippen LogP contribution in [0.2, 0.25) is 0 Å². The first kappa shape index (κ1) is 17.9. The van der Waals surface area contributed by atoms with E-state index in [9.17, 15) is 4.79 Å². The standard InChI is InChI=1S/C21H26N4O2/c1-27-18-5-2-15(3-6-18)4-7-20(26)25-11-9-19-17(14-25)13-23-21(24-19)16-8-10-22-12-16/h2-3,5-6,13,16,22H,4,7-12,14H2,1H3/t16-/m1/s1. The molecular weight excluding hydrogens is 340 g/mol. The SMILES string of the molecule is COc1ccc(CCC(=O)N2CCc3nc([C@@H]4CCNC4)ncc3C2)cc1. The van der Waals surface area contributed by atoms with E-state index in [-0.39, 0.29) is 5.91 Å². The number of rotatable bonds is 5. The van der Waals surface area contributed by atoms with Crippen LogP contribution in [0, 0.1) is 0 Å². The van der Waals surface area contributed by atoms with Gasteiger partial charge in [0, 0.05) is 50.2 Å². The Kier molecular flexibility index (Phi) is 5.34. The minimum absolute atomic E-state index is 0.195. The zero-order valence-corrected chi connectivity index (χ0v) is 15.8. The molecule has 0 radical (unpaired) electrons. The van der Waals surface area contributed by atoms with Crippen molar-refractivity contribution >= 4 is 5.91 Å². The molecule has 27 heavy (non-hydrogen) atoms. The summed E-state index contributed by atoms with van der Waals surface area (Å²) in [6.45, 7) is 3.38. The van der Waals surface area contributed by atoms with Crippen LogP contribution in [0.15, 0.2) is 30.5 Å². The maximum atomic E-state index is 12.6. The molecule has 142 valence electrons. The van der Waals surface area contributed by atoms with Crippen molar-refractivity contribution in [2.45, 2.75) is 38.1 Å². The highest BCUT2D eigenvalue weighted by Gasteiger charge is 2.25. The molecule has 1 fully saturated rings. The topological polar surface area (TPSA) is 67.3 Å². The van der Waals surface area contributed by atoms with Crippen LogP contribution < -0.4 is 10.1 Å². The second-order valence-electron chi connectivity index (χ2n) is 7.30. The zero-order valence-electron chi connectivity index (χ0n) is 15.8. The van der Waals surface area contributed by atoms with E-state index in [0.717, 1.165) is 67.3 Å². The summed E-state index contributed by atoms with van der Waals surface area (Å²) in [5.74, 6) is 2.42. The molecule has 2 aliphatic rings. The third-order valence-electron chi connectivity index (χ3n) is 5.52. The van der Waals surface area contributed by atoms with E-state index in [2.05, 4.69) is 10.3 Å². The van der Waals surface area contributed by atoms with Gasteiger partial charge >= 0.3 is 0 Å². The maximum absolute atomic E-state index is 12.6. The van der Waals surface area contributed by atoms with Crippen molar-refractivity contribution in [3.8, 4) is 5.75 Å². The Morgan fingerprint density at radius 1 is 1.33 bits per heavy atom. The Morgan fingerprint density at radius 3 is 2.93 bits per heavy atom. The van der Waals surface area contributed by atoms with E-state index < -0.39 is 0 Å². The number of aryl methyl sites for hydroxylation is 1. The molecule has 6 heteroatoms. The van der Waals surface area contributed by atoms with Crippen molar-refractivity contribution in [2.75, 3.05) is 26.7 Å². The first-order chi connectivity index (χ1) is 13.2. The van der Waals surface area contributed by atoms with Crippen molar-refractivity contribution in [2.24, 2.45) is 0 Å². The lowest BCUT2D eigenvalue weighted by atomic mass is 10.0. The largest absolute Gasteiger partial charge is 0.497 e. The molecule has 6 nitrogen and oxygen atoms in total. The van der Waals surface area contributed by atoms with E-state index in [1.807, 2.05) is 35.4 Å². The molecule has 0 bridgehead atoms. The number of amides is 1. The Morgan fingerprint density at radius 2 is 2.19 bits per heavy atom. The Bertz CT molecular complexity index is 800. The first-order valence-electron chi connectivity index (χ1n) is 9.69. The highest BCUT2D eigenvalue weighted by atomic mass is 16.5. The predicted octanol–water partition coefficient (Wildman–Crippen LogP) is 2.08. The molecule has 0 aliphatic carbocycles. The molecule has 2 aromatic rings. The fourth-order valence-electron chi connectivity index (χ4n) is 3.82. The van der Waals surface area contributed by atoms with Gasteiger partial charge in [0.25, 0.3) is 0 Å². The van der Waals surface area contributed by atoms with Gasteiger partial charge in [-0.2, -0.15) is 0 Å². The molecule has 0 spiro atoms. The molecule has 4 rings (SSSR count). The van der Waals surface area contributed by atoms with Crippen molar-refractivity contribution in [3.05, 3.63) is 53.1 Å². The number of nitrogens with zero attached hydrogens (tertiary/aromatic N) is 3. The van der Waals surface area contributed by atoms with Crippen molar-refractivity contribution in [1.82, 2.24) is 20.2 Å². The molecule has 1 aromatic heterocycles. The van der Waals surface area contributed by atoms with E-state index in [4.69, 9.17) is 9.72 Å². The van der Waals surface area contributed by atoms with E-state index in [1.54, 1.807) is 7.11 Å². The Hall–Kier alpha value is -2.47. The average Bonchev–Trinajstić information content (AvgIpc) is 3.26. The van der Waals surface area contributed by atoms with E-state index >= 15 is 0 Å². The van der Waals surface area contributed by atoms with Crippen LogP contribution in [0.25, 0.3) is 0 Å². The number of ether oxygens (including phenoxy) is 1. The third kappa shape index (κ3) is 4.11. The summed E-state index contributed by atoms with van der Waals surface area (Å²) in [7, 11) is 1.66. The normalized spacial score (nSPS) is 19.0. The molecule has 1 N–H and O–H groups in total. The Balaban J connectivity index is 1.34. The van der Waals surface area contributed by atoms with Crippen molar-refractivity contribution < 1.29 is 9.53 Å². The van der Waals surface area contributed by atoms with Gasteiger partial charge in [-0.25, -0.2) is 9.97 Å². The lowest BCUT2D eigenvalue weighted by Crippen LogP contribution is -2.36. The number of carbonyl (C=O) groups excluding carboxylic acids is 1. The highest BCUT2D eigenvalue weighted by Crippen LogP contribution is 2.23. The van der Waals surface area contributed by atoms with Gasteiger partial charge in [0.05, 0.1) is 12.8 Å². The summed E-state index contributed by atoms with van der Waals surface area (Å²) in [6, 6.07) is 7.91. The van der Waals surface area contributed by atoms with Crippen molar-refractivity contribution in [1.29, 1.82) is 0 Å². The monoisotopic (exact) mass is 366 g/mol. The van der Waals surface area contributed by atoms with Crippen LogP contribution in [0.3, 0.4) is 0 Å². The first-order valence-corrected chi connectivity index (χ1v) is 9.69. The lowest BCUT2D eigenvalue weighted by molar-refractivity contribution is -0.132. The van der Waals surface area contributed by atoms with Gasteiger partial charge in [0.15, 0.2) is 0 Å². The number of methoxy groups -OCH3 is 1. The minimum atomic E-state index is 0.195. The summed E-state index contributed by atoms with van der Waals surface area (Å²) < 4.78 is 5.17. The van der Waals surface area contributed by atoms with Crippen LogP contribution in [0.1, 0.15) is 41.4 Å².